The van der Waals surface area contributed by atoms with E-state index < -0.39 is 5.97 Å². The molecule has 0 unspecified atom stereocenters. The van der Waals surface area contributed by atoms with Crippen molar-refractivity contribution in [2.45, 2.75) is 20.3 Å². The molecule has 0 spiro atoms. The molecular formula is C17H20N4O3. The number of amides is 1. The molecule has 1 heterocycles. The van der Waals surface area contributed by atoms with E-state index in [4.69, 9.17) is 4.74 Å². The van der Waals surface area contributed by atoms with E-state index >= 15 is 0 Å². The molecule has 1 aromatic carbocycles. The second kappa shape index (κ2) is 8.05. The van der Waals surface area contributed by atoms with Gasteiger partial charge in [-0.3, -0.25) is 4.79 Å². The number of benzene rings is 1. The number of hydrogen-bond donors (Lipinski definition) is 2. The quantitative estimate of drug-likeness (QED) is 0.792. The zero-order chi connectivity index (χ0) is 17.5. The van der Waals surface area contributed by atoms with Crippen LogP contribution in [0.3, 0.4) is 0 Å². The van der Waals surface area contributed by atoms with Gasteiger partial charge < -0.3 is 15.4 Å². The Hall–Kier alpha value is -2.96. The highest BCUT2D eigenvalue weighted by Crippen LogP contribution is 2.20. The molecule has 0 saturated carbocycles. The van der Waals surface area contributed by atoms with Crippen molar-refractivity contribution in [3.8, 4) is 0 Å². The first-order chi connectivity index (χ1) is 11.5. The van der Waals surface area contributed by atoms with Crippen LogP contribution in [0.1, 0.15) is 30.6 Å². The maximum Gasteiger partial charge on any atom is 0.339 e. The van der Waals surface area contributed by atoms with Crippen molar-refractivity contribution < 1.29 is 14.3 Å². The van der Waals surface area contributed by atoms with E-state index in [1.54, 1.807) is 36.4 Å². The lowest BCUT2D eigenvalue weighted by molar-refractivity contribution is -0.116. The molecule has 0 atom stereocenters. The Labute approximate surface area is 140 Å². The summed E-state index contributed by atoms with van der Waals surface area (Å²) in [6.45, 7) is 3.94. The summed E-state index contributed by atoms with van der Waals surface area (Å²) in [6, 6.07) is 10.3. The second-order valence-electron chi connectivity index (χ2n) is 5.61. The largest absolute Gasteiger partial charge is 0.465 e. The van der Waals surface area contributed by atoms with Crippen molar-refractivity contribution in [1.29, 1.82) is 0 Å². The fraction of sp³-hybridized carbons (Fsp3) is 0.294. The van der Waals surface area contributed by atoms with Crippen LogP contribution >= 0.6 is 0 Å². The molecule has 2 rings (SSSR count). The summed E-state index contributed by atoms with van der Waals surface area (Å²) in [5, 5.41) is 13.7. The molecule has 2 aromatic rings. The molecule has 0 bridgehead atoms. The highest BCUT2D eigenvalue weighted by Gasteiger charge is 2.12. The predicted molar refractivity (Wildman–Crippen MR) is 91.2 cm³/mol. The number of aromatic nitrogens is 2. The number of methoxy groups -OCH3 is 1. The molecule has 126 valence electrons. The normalized spacial score (nSPS) is 10.3. The maximum atomic E-state index is 11.7. The number of hydrogen-bond acceptors (Lipinski definition) is 6. The molecule has 1 aromatic heterocycles. The Morgan fingerprint density at radius 1 is 1.08 bits per heavy atom. The minimum Gasteiger partial charge on any atom is -0.465 e. The number of rotatable bonds is 6. The topological polar surface area (TPSA) is 93.2 Å². The first-order valence-corrected chi connectivity index (χ1v) is 7.57. The minimum absolute atomic E-state index is 0.101. The molecular weight excluding hydrogens is 308 g/mol. The number of esters is 1. The summed E-state index contributed by atoms with van der Waals surface area (Å²) < 4.78 is 4.75. The van der Waals surface area contributed by atoms with Gasteiger partial charge in [-0.25, -0.2) is 4.79 Å². The molecule has 0 saturated heterocycles. The lowest BCUT2D eigenvalue weighted by Crippen LogP contribution is -2.15. The Morgan fingerprint density at radius 3 is 2.38 bits per heavy atom. The highest BCUT2D eigenvalue weighted by molar-refractivity contribution is 5.96. The third-order valence-electron chi connectivity index (χ3n) is 3.12. The van der Waals surface area contributed by atoms with Crippen LogP contribution in [0, 0.1) is 5.92 Å². The summed E-state index contributed by atoms with van der Waals surface area (Å²) in [5.41, 5.74) is 0.964. The Balaban J connectivity index is 2.07. The van der Waals surface area contributed by atoms with E-state index in [0.29, 0.717) is 29.3 Å². The zero-order valence-electron chi connectivity index (χ0n) is 13.9. The molecule has 2 N–H and O–H groups in total. The number of carbonyl (C=O) groups excluding carboxylic acids is 2. The van der Waals surface area contributed by atoms with Gasteiger partial charge in [-0.05, 0) is 30.2 Å². The van der Waals surface area contributed by atoms with Gasteiger partial charge >= 0.3 is 5.97 Å². The van der Waals surface area contributed by atoms with Crippen molar-refractivity contribution >= 4 is 29.2 Å². The van der Waals surface area contributed by atoms with Crippen LogP contribution in [0.5, 0.6) is 0 Å². The van der Waals surface area contributed by atoms with E-state index in [9.17, 15) is 9.59 Å². The van der Waals surface area contributed by atoms with Crippen LogP contribution in [0.15, 0.2) is 36.4 Å². The average Bonchev–Trinajstić information content (AvgIpc) is 2.55. The van der Waals surface area contributed by atoms with Crippen LogP contribution < -0.4 is 10.6 Å². The fourth-order valence-electron chi connectivity index (χ4n) is 2.05. The Bertz CT molecular complexity index is 714. The molecule has 24 heavy (non-hydrogen) atoms. The molecule has 7 nitrogen and oxygen atoms in total. The molecule has 0 radical (unpaired) electrons. The van der Waals surface area contributed by atoms with Crippen LogP contribution in [0.4, 0.5) is 17.3 Å². The summed E-state index contributed by atoms with van der Waals surface area (Å²) >= 11 is 0. The van der Waals surface area contributed by atoms with E-state index in [0.717, 1.165) is 0 Å². The number of carbonyl (C=O) groups is 2. The van der Waals surface area contributed by atoms with Crippen molar-refractivity contribution in [3.63, 3.8) is 0 Å². The van der Waals surface area contributed by atoms with Gasteiger partial charge in [0.05, 0.1) is 18.4 Å². The summed E-state index contributed by atoms with van der Waals surface area (Å²) in [4.78, 5) is 23.4. The molecule has 0 aliphatic heterocycles. The molecule has 0 fully saturated rings. The molecule has 7 heteroatoms. The Morgan fingerprint density at radius 2 is 1.75 bits per heavy atom. The number of nitrogens with zero attached hydrogens (tertiary/aromatic N) is 2. The third kappa shape index (κ3) is 4.77. The summed E-state index contributed by atoms with van der Waals surface area (Å²) in [6.07, 6.45) is 0.425. The minimum atomic E-state index is -0.441. The molecule has 0 aliphatic carbocycles. The standard InChI is InChI=1S/C17H20N4O3/c1-11(2)10-16(22)19-15-9-8-14(20-21-15)18-13-7-5-4-6-12(13)17(23)24-3/h4-9,11H,10H2,1-3H3,(H,18,20)(H,19,21,22). The van der Waals surface area contributed by atoms with Gasteiger partial charge in [-0.15, -0.1) is 10.2 Å². The van der Waals surface area contributed by atoms with Crippen molar-refractivity contribution in [3.05, 3.63) is 42.0 Å². The van der Waals surface area contributed by atoms with E-state index in [1.165, 1.54) is 7.11 Å². The predicted octanol–water partition coefficient (Wildman–Crippen LogP) is 2.99. The first-order valence-electron chi connectivity index (χ1n) is 7.57. The monoisotopic (exact) mass is 328 g/mol. The average molecular weight is 328 g/mol. The van der Waals surface area contributed by atoms with Gasteiger partial charge in [0.2, 0.25) is 5.91 Å². The smallest absolute Gasteiger partial charge is 0.339 e. The number of anilines is 3. The summed E-state index contributed by atoms with van der Waals surface area (Å²) in [5.74, 6) is 0.564. The fourth-order valence-corrected chi connectivity index (χ4v) is 2.05. The number of nitrogens with one attached hydrogen (secondary N) is 2. The first kappa shape index (κ1) is 17.4. The van der Waals surface area contributed by atoms with Gasteiger partial charge in [0, 0.05) is 6.42 Å². The van der Waals surface area contributed by atoms with Gasteiger partial charge in [-0.1, -0.05) is 26.0 Å². The number of ether oxygens (including phenoxy) is 1. The van der Waals surface area contributed by atoms with Gasteiger partial charge in [-0.2, -0.15) is 0 Å². The van der Waals surface area contributed by atoms with E-state index in [-0.39, 0.29) is 11.8 Å². The van der Waals surface area contributed by atoms with E-state index in [1.807, 2.05) is 13.8 Å². The van der Waals surface area contributed by atoms with Crippen molar-refractivity contribution in [2.75, 3.05) is 17.7 Å². The Kier molecular flexibility index (Phi) is 5.83. The van der Waals surface area contributed by atoms with E-state index in [2.05, 4.69) is 20.8 Å². The van der Waals surface area contributed by atoms with Gasteiger partial charge in [0.1, 0.15) is 0 Å². The van der Waals surface area contributed by atoms with Crippen LogP contribution in [0.25, 0.3) is 0 Å². The maximum absolute atomic E-state index is 11.7. The molecule has 0 aliphatic rings. The molecule has 1 amide bonds. The lowest BCUT2D eigenvalue weighted by Gasteiger charge is -2.10. The van der Waals surface area contributed by atoms with Crippen LogP contribution in [-0.4, -0.2) is 29.2 Å². The third-order valence-corrected chi connectivity index (χ3v) is 3.12. The van der Waals surface area contributed by atoms with Gasteiger partial charge in [0.15, 0.2) is 11.6 Å². The van der Waals surface area contributed by atoms with Crippen LogP contribution in [0.2, 0.25) is 0 Å². The van der Waals surface area contributed by atoms with Crippen LogP contribution in [-0.2, 0) is 9.53 Å². The van der Waals surface area contributed by atoms with Crippen molar-refractivity contribution in [2.24, 2.45) is 5.92 Å². The second-order valence-corrected chi connectivity index (χ2v) is 5.61. The highest BCUT2D eigenvalue weighted by atomic mass is 16.5. The lowest BCUT2D eigenvalue weighted by atomic mass is 10.1. The van der Waals surface area contributed by atoms with Crippen molar-refractivity contribution in [1.82, 2.24) is 10.2 Å². The summed E-state index contributed by atoms with van der Waals surface area (Å²) in [7, 11) is 1.33. The van der Waals surface area contributed by atoms with Gasteiger partial charge in [0.25, 0.3) is 0 Å². The SMILES string of the molecule is COC(=O)c1ccccc1Nc1ccc(NC(=O)CC(C)C)nn1. The zero-order valence-corrected chi connectivity index (χ0v) is 13.9. The number of para-hydroxylation sites is 1.